The highest BCUT2D eigenvalue weighted by Gasteiger charge is 1.95. The maximum absolute atomic E-state index is 5.57. The van der Waals surface area contributed by atoms with Gasteiger partial charge in [0.25, 0.3) is 0 Å². The van der Waals surface area contributed by atoms with Crippen LogP contribution in [0.15, 0.2) is 0 Å². The molecule has 2 heteroatoms. The van der Waals surface area contributed by atoms with Gasteiger partial charge in [-0.25, -0.2) is 0 Å². The highest BCUT2D eigenvalue weighted by molar-refractivity contribution is 4.72. The molecule has 0 fully saturated rings. The number of rotatable bonds is 4. The van der Waals surface area contributed by atoms with Gasteiger partial charge >= 0.3 is 0 Å². The van der Waals surface area contributed by atoms with Crippen molar-refractivity contribution in [3.63, 3.8) is 0 Å². The van der Waals surface area contributed by atoms with E-state index in [2.05, 4.69) is 6.92 Å². The molecule has 8 heavy (non-hydrogen) atoms. The van der Waals surface area contributed by atoms with Gasteiger partial charge in [-0.05, 0) is 25.8 Å². The average molecular weight is 115 g/mol. The topological polar surface area (TPSA) is 52.0 Å². The van der Waals surface area contributed by atoms with Gasteiger partial charge in [0.05, 0.1) is 0 Å². The van der Waals surface area contributed by atoms with Crippen molar-refractivity contribution in [3.8, 4) is 0 Å². The van der Waals surface area contributed by atoms with Gasteiger partial charge in [-0.2, -0.15) is 0 Å². The molecule has 0 aromatic heterocycles. The van der Waals surface area contributed by atoms with E-state index in [4.69, 9.17) is 11.5 Å². The van der Waals surface area contributed by atoms with Gasteiger partial charge in [0.2, 0.25) is 0 Å². The summed E-state index contributed by atoms with van der Waals surface area (Å²) in [4.78, 5) is 0. The Hall–Kier alpha value is -0.0800. The molecule has 49 valence electrons. The zero-order valence-corrected chi connectivity index (χ0v) is 5.43. The van der Waals surface area contributed by atoms with Crippen LogP contribution < -0.4 is 11.5 Å². The van der Waals surface area contributed by atoms with Gasteiger partial charge in [0.1, 0.15) is 0 Å². The third kappa shape index (κ3) is 4.09. The zero-order valence-electron chi connectivity index (χ0n) is 5.43. The Labute approximate surface area is 51.2 Å². The molecule has 1 radical (unpaired) electrons. The average Bonchev–Trinajstić information content (AvgIpc) is 1.83. The van der Waals surface area contributed by atoms with Crippen molar-refractivity contribution in [1.29, 1.82) is 0 Å². The Morgan fingerprint density at radius 2 is 2.25 bits per heavy atom. The maximum Gasteiger partial charge on any atom is 0.00394 e. The molecular weight excluding hydrogens is 100 g/mol. The van der Waals surface area contributed by atoms with Crippen molar-refractivity contribution in [2.75, 3.05) is 6.54 Å². The van der Waals surface area contributed by atoms with Crippen molar-refractivity contribution < 1.29 is 0 Å². The number of hydrogen-bond donors (Lipinski definition) is 2. The lowest BCUT2D eigenvalue weighted by molar-refractivity contribution is 0.633. The molecule has 0 aliphatic heterocycles. The fourth-order valence-electron chi connectivity index (χ4n) is 0.477. The molecule has 2 nitrogen and oxygen atoms in total. The van der Waals surface area contributed by atoms with E-state index in [-0.39, 0.29) is 0 Å². The first-order chi connectivity index (χ1) is 3.81. The normalized spacial score (nSPS) is 13.9. The Morgan fingerprint density at radius 1 is 1.62 bits per heavy atom. The second-order valence-corrected chi connectivity index (χ2v) is 1.93. The van der Waals surface area contributed by atoms with E-state index >= 15 is 0 Å². The molecule has 0 rings (SSSR count). The van der Waals surface area contributed by atoms with Gasteiger partial charge < -0.3 is 11.5 Å². The lowest BCUT2D eigenvalue weighted by atomic mass is 10.1. The van der Waals surface area contributed by atoms with Crippen molar-refractivity contribution >= 4 is 0 Å². The summed E-state index contributed by atoms with van der Waals surface area (Å²) < 4.78 is 0. The Kier molecular flexibility index (Phi) is 5.01. The molecule has 0 bridgehead atoms. The summed E-state index contributed by atoms with van der Waals surface area (Å²) in [5, 5.41) is 0. The summed E-state index contributed by atoms with van der Waals surface area (Å²) in [6.45, 7) is 2.72. The fourth-order valence-corrected chi connectivity index (χ4v) is 0.477. The fraction of sp³-hybridized carbons (Fsp3) is 0.833. The smallest absolute Gasteiger partial charge is 0.00394 e. The number of hydrogen-bond acceptors (Lipinski definition) is 2. The highest BCUT2D eigenvalue weighted by Crippen LogP contribution is 1.94. The molecule has 0 amide bonds. The molecule has 0 aromatic carbocycles. The van der Waals surface area contributed by atoms with E-state index in [1.165, 1.54) is 0 Å². The predicted octanol–water partition coefficient (Wildman–Crippen LogP) is 0.277. The second kappa shape index (κ2) is 5.06. The van der Waals surface area contributed by atoms with Gasteiger partial charge in [0, 0.05) is 6.04 Å². The standard InChI is InChI=1S/C6H15N2/c1-2-6(8)4-3-5-7/h3,6H,2,4-5,7-8H2,1H3. The first-order valence-electron chi connectivity index (χ1n) is 3.08. The molecule has 0 aliphatic carbocycles. The lowest BCUT2D eigenvalue weighted by Gasteiger charge is -2.04. The maximum atomic E-state index is 5.57. The van der Waals surface area contributed by atoms with Crippen LogP contribution in [0.5, 0.6) is 0 Å². The van der Waals surface area contributed by atoms with E-state index in [0.717, 1.165) is 12.8 Å². The van der Waals surface area contributed by atoms with Crippen LogP contribution in [0.4, 0.5) is 0 Å². The quantitative estimate of drug-likeness (QED) is 0.553. The molecule has 0 saturated carbocycles. The summed E-state index contributed by atoms with van der Waals surface area (Å²) in [6, 6.07) is 0.318. The molecule has 1 atom stereocenters. The minimum absolute atomic E-state index is 0.318. The van der Waals surface area contributed by atoms with Crippen LogP contribution in [0, 0.1) is 6.42 Å². The van der Waals surface area contributed by atoms with Crippen LogP contribution in [0.25, 0.3) is 0 Å². The van der Waals surface area contributed by atoms with Crippen molar-refractivity contribution in [2.45, 2.75) is 25.8 Å². The van der Waals surface area contributed by atoms with E-state index < -0.39 is 0 Å². The molecular formula is C6H15N2. The van der Waals surface area contributed by atoms with Crippen LogP contribution in [0.2, 0.25) is 0 Å². The third-order valence-corrected chi connectivity index (χ3v) is 1.16. The monoisotopic (exact) mass is 115 g/mol. The molecule has 0 saturated heterocycles. The second-order valence-electron chi connectivity index (χ2n) is 1.93. The minimum Gasteiger partial charge on any atom is -0.330 e. The van der Waals surface area contributed by atoms with Gasteiger partial charge in [0.15, 0.2) is 0 Å². The highest BCUT2D eigenvalue weighted by atomic mass is 14.6. The zero-order chi connectivity index (χ0) is 6.41. The minimum atomic E-state index is 0.318. The molecule has 4 N–H and O–H groups in total. The SMILES string of the molecule is CCC(N)C[CH]CN. The first kappa shape index (κ1) is 7.92. The Balaban J connectivity index is 2.86. The Morgan fingerprint density at radius 3 is 2.62 bits per heavy atom. The van der Waals surface area contributed by atoms with Gasteiger partial charge in [-0.1, -0.05) is 6.92 Å². The van der Waals surface area contributed by atoms with Crippen LogP contribution >= 0.6 is 0 Å². The van der Waals surface area contributed by atoms with E-state index in [0.29, 0.717) is 12.6 Å². The lowest BCUT2D eigenvalue weighted by Crippen LogP contribution is -2.19. The first-order valence-corrected chi connectivity index (χ1v) is 3.08. The summed E-state index contributed by atoms with van der Waals surface area (Å²) in [5.41, 5.74) is 10.8. The third-order valence-electron chi connectivity index (χ3n) is 1.16. The Bertz CT molecular complexity index is 45.8. The summed E-state index contributed by atoms with van der Waals surface area (Å²) in [7, 11) is 0. The molecule has 0 aromatic rings. The molecule has 0 aliphatic rings. The predicted molar refractivity (Wildman–Crippen MR) is 36.2 cm³/mol. The number of nitrogens with two attached hydrogens (primary N) is 2. The van der Waals surface area contributed by atoms with Gasteiger partial charge in [-0.3, -0.25) is 0 Å². The molecule has 0 spiro atoms. The van der Waals surface area contributed by atoms with E-state index in [1.54, 1.807) is 0 Å². The molecule has 0 heterocycles. The van der Waals surface area contributed by atoms with E-state index in [9.17, 15) is 0 Å². The molecule has 1 unspecified atom stereocenters. The summed E-state index contributed by atoms with van der Waals surface area (Å²) in [6.07, 6.45) is 4.00. The van der Waals surface area contributed by atoms with Crippen LogP contribution in [0.3, 0.4) is 0 Å². The van der Waals surface area contributed by atoms with Crippen molar-refractivity contribution in [3.05, 3.63) is 6.42 Å². The van der Waals surface area contributed by atoms with Crippen LogP contribution in [0.1, 0.15) is 19.8 Å². The summed E-state index contributed by atoms with van der Waals surface area (Å²) >= 11 is 0. The largest absolute Gasteiger partial charge is 0.330 e. The van der Waals surface area contributed by atoms with E-state index in [1.807, 2.05) is 6.42 Å². The summed E-state index contributed by atoms with van der Waals surface area (Å²) in [5.74, 6) is 0. The van der Waals surface area contributed by atoms with Crippen LogP contribution in [-0.4, -0.2) is 12.6 Å². The van der Waals surface area contributed by atoms with Crippen molar-refractivity contribution in [1.82, 2.24) is 0 Å². The van der Waals surface area contributed by atoms with Gasteiger partial charge in [-0.15, -0.1) is 0 Å². The van der Waals surface area contributed by atoms with Crippen LogP contribution in [-0.2, 0) is 0 Å². The van der Waals surface area contributed by atoms with Crippen molar-refractivity contribution in [2.24, 2.45) is 11.5 Å².